The number of carbonyl (C=O) groups excluding carboxylic acids is 1. The van der Waals surface area contributed by atoms with Crippen LogP contribution < -0.4 is 0 Å². The highest BCUT2D eigenvalue weighted by molar-refractivity contribution is 5.98. The van der Waals surface area contributed by atoms with Crippen molar-refractivity contribution in [1.82, 2.24) is 0 Å². The molecule has 0 radical (unpaired) electrons. The zero-order valence-corrected chi connectivity index (χ0v) is 9.92. The lowest BCUT2D eigenvalue weighted by Crippen LogP contribution is -2.29. The first-order chi connectivity index (χ1) is 8.29. The van der Waals surface area contributed by atoms with Crippen LogP contribution in [-0.2, 0) is 18.9 Å². The van der Waals surface area contributed by atoms with Gasteiger partial charge in [0.25, 0.3) is 0 Å². The minimum Gasteiger partial charge on any atom is -0.359 e. The van der Waals surface area contributed by atoms with Crippen LogP contribution in [0.2, 0.25) is 0 Å². The van der Waals surface area contributed by atoms with Gasteiger partial charge in [-0.2, -0.15) is 0 Å². The van der Waals surface area contributed by atoms with Crippen LogP contribution >= 0.6 is 0 Å². The Morgan fingerprint density at radius 1 is 1.06 bits per heavy atom. The van der Waals surface area contributed by atoms with Crippen LogP contribution in [0.3, 0.4) is 0 Å². The smallest absolute Gasteiger partial charge is 0.226 e. The Labute approximate surface area is 100 Å². The number of ketones is 1. The summed E-state index contributed by atoms with van der Waals surface area (Å²) in [6.07, 6.45) is -1.02. The SMILES string of the molecule is COCOC(OCOC)C(=O)c1ccccc1. The molecule has 0 N–H and O–H groups in total. The molecule has 5 heteroatoms. The largest absolute Gasteiger partial charge is 0.359 e. The second kappa shape index (κ2) is 7.92. The summed E-state index contributed by atoms with van der Waals surface area (Å²) >= 11 is 0. The first kappa shape index (κ1) is 13.8. The predicted molar refractivity (Wildman–Crippen MR) is 60.5 cm³/mol. The molecule has 0 spiro atoms. The van der Waals surface area contributed by atoms with Gasteiger partial charge in [-0.05, 0) is 0 Å². The number of carbonyl (C=O) groups is 1. The number of ether oxygens (including phenoxy) is 4. The summed E-state index contributed by atoms with van der Waals surface area (Å²) < 4.78 is 19.8. The molecule has 1 aromatic carbocycles. The van der Waals surface area contributed by atoms with Crippen LogP contribution in [0, 0.1) is 0 Å². The fourth-order valence-electron chi connectivity index (χ4n) is 1.20. The van der Waals surface area contributed by atoms with Gasteiger partial charge in [-0.15, -0.1) is 0 Å². The number of hydrogen-bond donors (Lipinski definition) is 0. The van der Waals surface area contributed by atoms with E-state index < -0.39 is 6.29 Å². The second-order valence-electron chi connectivity index (χ2n) is 3.21. The van der Waals surface area contributed by atoms with Gasteiger partial charge in [0, 0.05) is 19.8 Å². The fraction of sp³-hybridized carbons (Fsp3) is 0.417. The minimum absolute atomic E-state index is 0.0209. The van der Waals surface area contributed by atoms with Crippen LogP contribution in [0.1, 0.15) is 10.4 Å². The first-order valence-corrected chi connectivity index (χ1v) is 5.10. The monoisotopic (exact) mass is 240 g/mol. The molecule has 0 saturated carbocycles. The van der Waals surface area contributed by atoms with Crippen molar-refractivity contribution in [2.75, 3.05) is 27.8 Å². The number of rotatable bonds is 8. The Balaban J connectivity index is 2.64. The van der Waals surface area contributed by atoms with Crippen LogP contribution in [0.5, 0.6) is 0 Å². The molecule has 1 aromatic rings. The summed E-state index contributed by atoms with van der Waals surface area (Å²) in [5.74, 6) is -0.264. The molecular formula is C12H16O5. The normalized spacial score (nSPS) is 10.8. The standard InChI is InChI=1S/C12H16O5/c1-14-8-16-12(17-9-15-2)11(13)10-6-4-3-5-7-10/h3-7,12H,8-9H2,1-2H3. The van der Waals surface area contributed by atoms with Gasteiger partial charge < -0.3 is 18.9 Å². The van der Waals surface area contributed by atoms with Gasteiger partial charge in [-0.1, -0.05) is 30.3 Å². The first-order valence-electron chi connectivity index (χ1n) is 5.10. The van der Waals surface area contributed by atoms with Crippen molar-refractivity contribution >= 4 is 5.78 Å². The minimum atomic E-state index is -1.02. The molecule has 0 aliphatic carbocycles. The highest BCUT2D eigenvalue weighted by atomic mass is 16.8. The Morgan fingerprint density at radius 2 is 1.59 bits per heavy atom. The molecule has 94 valence electrons. The molecule has 1 rings (SSSR count). The average molecular weight is 240 g/mol. The number of Topliss-reactive ketones (excluding diaryl/α,β-unsaturated/α-hetero) is 1. The van der Waals surface area contributed by atoms with E-state index in [4.69, 9.17) is 18.9 Å². The van der Waals surface area contributed by atoms with E-state index in [9.17, 15) is 4.79 Å². The van der Waals surface area contributed by atoms with Gasteiger partial charge in [0.2, 0.25) is 12.1 Å². The van der Waals surface area contributed by atoms with E-state index in [0.29, 0.717) is 5.56 Å². The van der Waals surface area contributed by atoms with Crippen LogP contribution in [0.25, 0.3) is 0 Å². The molecule has 17 heavy (non-hydrogen) atoms. The lowest BCUT2D eigenvalue weighted by molar-refractivity contribution is -0.196. The third-order valence-corrected chi connectivity index (χ3v) is 1.95. The van der Waals surface area contributed by atoms with Gasteiger partial charge in [0.1, 0.15) is 13.6 Å². The Kier molecular flexibility index (Phi) is 6.42. The quantitative estimate of drug-likeness (QED) is 0.508. The van der Waals surface area contributed by atoms with Crippen LogP contribution in [0.15, 0.2) is 30.3 Å². The summed E-state index contributed by atoms with van der Waals surface area (Å²) in [6, 6.07) is 8.77. The van der Waals surface area contributed by atoms with E-state index in [2.05, 4.69) is 0 Å². The topological polar surface area (TPSA) is 54.0 Å². The van der Waals surface area contributed by atoms with Crippen molar-refractivity contribution < 1.29 is 23.7 Å². The Morgan fingerprint density at radius 3 is 2.06 bits per heavy atom. The van der Waals surface area contributed by atoms with Gasteiger partial charge in [-0.25, -0.2) is 0 Å². The third kappa shape index (κ3) is 4.62. The zero-order chi connectivity index (χ0) is 12.5. The van der Waals surface area contributed by atoms with Crippen LogP contribution in [0.4, 0.5) is 0 Å². The molecule has 0 unspecified atom stereocenters. The van der Waals surface area contributed by atoms with Gasteiger partial charge in [-0.3, -0.25) is 4.79 Å². The fourth-order valence-corrected chi connectivity index (χ4v) is 1.20. The zero-order valence-electron chi connectivity index (χ0n) is 9.92. The highest BCUT2D eigenvalue weighted by Crippen LogP contribution is 2.08. The predicted octanol–water partition coefficient (Wildman–Crippen LogP) is 1.44. The van der Waals surface area contributed by atoms with E-state index in [1.807, 2.05) is 6.07 Å². The molecule has 0 aromatic heterocycles. The maximum absolute atomic E-state index is 12.0. The number of benzene rings is 1. The molecule has 0 aliphatic rings. The summed E-state index contributed by atoms with van der Waals surface area (Å²) in [7, 11) is 2.95. The van der Waals surface area contributed by atoms with Crippen molar-refractivity contribution in [2.45, 2.75) is 6.29 Å². The molecule has 0 bridgehead atoms. The molecule has 0 fully saturated rings. The average Bonchev–Trinajstić information content (AvgIpc) is 2.39. The molecule has 0 heterocycles. The van der Waals surface area contributed by atoms with E-state index in [0.717, 1.165) is 0 Å². The summed E-state index contributed by atoms with van der Waals surface area (Å²) in [4.78, 5) is 12.0. The van der Waals surface area contributed by atoms with Crippen molar-refractivity contribution in [3.05, 3.63) is 35.9 Å². The summed E-state index contributed by atoms with van der Waals surface area (Å²) in [6.45, 7) is -0.0418. The third-order valence-electron chi connectivity index (χ3n) is 1.95. The van der Waals surface area contributed by atoms with Crippen LogP contribution in [-0.4, -0.2) is 39.9 Å². The maximum atomic E-state index is 12.0. The highest BCUT2D eigenvalue weighted by Gasteiger charge is 2.21. The lowest BCUT2D eigenvalue weighted by atomic mass is 10.1. The molecule has 0 saturated heterocycles. The summed E-state index contributed by atoms with van der Waals surface area (Å²) in [5, 5.41) is 0. The van der Waals surface area contributed by atoms with E-state index >= 15 is 0 Å². The van der Waals surface area contributed by atoms with Gasteiger partial charge >= 0.3 is 0 Å². The van der Waals surface area contributed by atoms with Crippen molar-refractivity contribution in [3.8, 4) is 0 Å². The second-order valence-corrected chi connectivity index (χ2v) is 3.21. The van der Waals surface area contributed by atoms with E-state index in [1.54, 1.807) is 24.3 Å². The van der Waals surface area contributed by atoms with Crippen molar-refractivity contribution in [1.29, 1.82) is 0 Å². The molecule has 0 atom stereocenters. The Bertz CT molecular complexity index is 317. The maximum Gasteiger partial charge on any atom is 0.226 e. The molecule has 0 aliphatic heterocycles. The summed E-state index contributed by atoms with van der Waals surface area (Å²) in [5.41, 5.74) is 0.518. The molecule has 5 nitrogen and oxygen atoms in total. The van der Waals surface area contributed by atoms with Gasteiger partial charge in [0.05, 0.1) is 0 Å². The Hall–Kier alpha value is -1.27. The van der Waals surface area contributed by atoms with E-state index in [1.165, 1.54) is 14.2 Å². The lowest BCUT2D eigenvalue weighted by Gasteiger charge is -2.16. The van der Waals surface area contributed by atoms with E-state index in [-0.39, 0.29) is 19.4 Å². The molecular weight excluding hydrogens is 224 g/mol. The number of hydrogen-bond acceptors (Lipinski definition) is 5. The molecule has 0 amide bonds. The van der Waals surface area contributed by atoms with Crippen molar-refractivity contribution in [3.63, 3.8) is 0 Å². The van der Waals surface area contributed by atoms with Gasteiger partial charge in [0.15, 0.2) is 0 Å². The number of methoxy groups -OCH3 is 2. The van der Waals surface area contributed by atoms with Crippen molar-refractivity contribution in [2.24, 2.45) is 0 Å².